The van der Waals surface area contributed by atoms with Gasteiger partial charge in [0.25, 0.3) is 5.56 Å². The van der Waals surface area contributed by atoms with Gasteiger partial charge in [-0.25, -0.2) is 0 Å². The number of aromatic nitrogens is 1. The molecular weight excluding hydrogens is 288 g/mol. The van der Waals surface area contributed by atoms with E-state index in [1.165, 1.54) is 0 Å². The van der Waals surface area contributed by atoms with Gasteiger partial charge in [0.1, 0.15) is 5.75 Å². The normalized spacial score (nSPS) is 10.6. The molecule has 4 nitrogen and oxygen atoms in total. The number of hydrogen-bond acceptors (Lipinski definition) is 3. The fraction of sp³-hybridized carbons (Fsp3) is 0.368. The van der Waals surface area contributed by atoms with Crippen LogP contribution in [0.15, 0.2) is 41.2 Å². The van der Waals surface area contributed by atoms with Gasteiger partial charge in [-0.1, -0.05) is 19.9 Å². The summed E-state index contributed by atoms with van der Waals surface area (Å²) in [5.74, 6) is 1.31. The van der Waals surface area contributed by atoms with E-state index in [2.05, 4.69) is 13.8 Å². The predicted molar refractivity (Wildman–Crippen MR) is 91.5 cm³/mol. The molecule has 120 valence electrons. The number of rotatable bonds is 6. The third-order valence-corrected chi connectivity index (χ3v) is 3.57. The highest BCUT2D eigenvalue weighted by molar-refractivity contribution is 5.61. The van der Waals surface area contributed by atoms with Crippen LogP contribution in [0.25, 0.3) is 11.3 Å². The van der Waals surface area contributed by atoms with Crippen LogP contribution in [0, 0.1) is 17.2 Å². The van der Waals surface area contributed by atoms with E-state index in [1.807, 2.05) is 43.3 Å². The number of nitriles is 1. The first kappa shape index (κ1) is 16.8. The number of nitrogens with zero attached hydrogens (tertiary/aromatic N) is 2. The smallest absolute Gasteiger partial charge is 0.255 e. The van der Waals surface area contributed by atoms with Crippen LogP contribution >= 0.6 is 0 Å². The zero-order chi connectivity index (χ0) is 16.8. The van der Waals surface area contributed by atoms with Gasteiger partial charge < -0.3 is 9.30 Å². The Kier molecular flexibility index (Phi) is 5.59. The van der Waals surface area contributed by atoms with Gasteiger partial charge >= 0.3 is 0 Å². The first-order valence-corrected chi connectivity index (χ1v) is 7.89. The zero-order valence-electron chi connectivity index (χ0n) is 13.9. The van der Waals surface area contributed by atoms with Crippen LogP contribution in [0.5, 0.6) is 5.75 Å². The molecule has 1 heterocycles. The Balaban J connectivity index is 2.33. The number of ether oxygens (including phenoxy) is 1. The Morgan fingerprint density at radius 3 is 2.43 bits per heavy atom. The first-order chi connectivity index (χ1) is 11.1. The number of hydrogen-bond donors (Lipinski definition) is 0. The lowest BCUT2D eigenvalue weighted by Crippen LogP contribution is -2.24. The van der Waals surface area contributed by atoms with Gasteiger partial charge in [-0.2, -0.15) is 5.26 Å². The lowest BCUT2D eigenvalue weighted by Gasteiger charge is -2.13. The maximum atomic E-state index is 12.4. The molecule has 0 fully saturated rings. The number of pyridine rings is 1. The molecule has 0 aliphatic heterocycles. The summed E-state index contributed by atoms with van der Waals surface area (Å²) in [6.07, 6.45) is 0.140. The lowest BCUT2D eigenvalue weighted by atomic mass is 10.1. The molecule has 4 heteroatoms. The van der Waals surface area contributed by atoms with Crippen molar-refractivity contribution < 1.29 is 4.74 Å². The molecule has 1 aromatic heterocycles. The maximum Gasteiger partial charge on any atom is 0.255 e. The summed E-state index contributed by atoms with van der Waals surface area (Å²) < 4.78 is 7.39. The highest BCUT2D eigenvalue weighted by atomic mass is 16.5. The summed E-state index contributed by atoms with van der Waals surface area (Å²) in [5.41, 5.74) is 2.26. The molecule has 1 aromatic carbocycles. The molecule has 0 aliphatic carbocycles. The van der Waals surface area contributed by atoms with Crippen LogP contribution in [-0.2, 0) is 13.0 Å². The molecular formula is C19H22N2O2. The molecule has 0 saturated heterocycles. The van der Waals surface area contributed by atoms with Crippen LogP contribution in [0.4, 0.5) is 0 Å². The molecule has 2 aromatic rings. The second kappa shape index (κ2) is 7.64. The lowest BCUT2D eigenvalue weighted by molar-refractivity contribution is 0.271. The van der Waals surface area contributed by atoms with Crippen LogP contribution in [0.3, 0.4) is 0 Å². The second-order valence-electron chi connectivity index (χ2n) is 5.86. The fourth-order valence-electron chi connectivity index (χ4n) is 2.39. The van der Waals surface area contributed by atoms with Crippen molar-refractivity contribution >= 4 is 0 Å². The van der Waals surface area contributed by atoms with Crippen LogP contribution in [0.1, 0.15) is 26.3 Å². The maximum absolute atomic E-state index is 12.4. The van der Waals surface area contributed by atoms with Gasteiger partial charge in [-0.15, -0.1) is 0 Å². The van der Waals surface area contributed by atoms with E-state index in [0.717, 1.165) is 17.0 Å². The molecule has 2 rings (SSSR count). The topological polar surface area (TPSA) is 55.0 Å². The van der Waals surface area contributed by atoms with Crippen molar-refractivity contribution in [1.29, 1.82) is 5.26 Å². The minimum atomic E-state index is -0.0910. The summed E-state index contributed by atoms with van der Waals surface area (Å²) >= 11 is 0. The molecule has 23 heavy (non-hydrogen) atoms. The predicted octanol–water partition coefficient (Wildman–Crippen LogP) is 3.64. The van der Waals surface area contributed by atoms with Crippen LogP contribution in [0.2, 0.25) is 0 Å². The summed E-state index contributed by atoms with van der Waals surface area (Å²) in [7, 11) is 0. The molecule has 0 spiro atoms. The van der Waals surface area contributed by atoms with Crippen molar-refractivity contribution in [1.82, 2.24) is 4.57 Å². The Morgan fingerprint density at radius 2 is 1.87 bits per heavy atom. The van der Waals surface area contributed by atoms with Gasteiger partial charge in [0, 0.05) is 12.1 Å². The Labute approximate surface area is 137 Å². The summed E-state index contributed by atoms with van der Waals surface area (Å²) in [6, 6.07) is 13.4. The highest BCUT2D eigenvalue weighted by Gasteiger charge is 2.09. The minimum absolute atomic E-state index is 0.0910. The van der Waals surface area contributed by atoms with E-state index in [9.17, 15) is 4.79 Å². The molecule has 0 aliphatic rings. The first-order valence-electron chi connectivity index (χ1n) is 7.89. The third kappa shape index (κ3) is 4.01. The van der Waals surface area contributed by atoms with Crippen molar-refractivity contribution in [2.24, 2.45) is 5.92 Å². The van der Waals surface area contributed by atoms with Gasteiger partial charge in [0.15, 0.2) is 0 Å². The van der Waals surface area contributed by atoms with Crippen molar-refractivity contribution in [2.45, 2.75) is 33.7 Å². The SMILES string of the molecule is CCn1c(-c2ccc(OCC(C)C)cc2)ccc(CC#N)c1=O. The molecule has 0 atom stereocenters. The van der Waals surface area contributed by atoms with Crippen LogP contribution < -0.4 is 10.3 Å². The highest BCUT2D eigenvalue weighted by Crippen LogP contribution is 2.22. The molecule has 0 bridgehead atoms. The molecule has 0 unspecified atom stereocenters. The van der Waals surface area contributed by atoms with Gasteiger partial charge in [-0.05, 0) is 48.7 Å². The molecule has 0 amide bonds. The Hall–Kier alpha value is -2.54. The average Bonchev–Trinajstić information content (AvgIpc) is 2.55. The van der Waals surface area contributed by atoms with Crippen LogP contribution in [-0.4, -0.2) is 11.2 Å². The standard InChI is InChI=1S/C19H22N2O2/c1-4-21-18(10-7-16(11-12-20)19(21)22)15-5-8-17(9-6-15)23-13-14(2)3/h5-10,14H,4,11,13H2,1-3H3. The van der Waals surface area contributed by atoms with Gasteiger partial charge in [0.2, 0.25) is 0 Å². The average molecular weight is 310 g/mol. The third-order valence-electron chi connectivity index (χ3n) is 3.57. The number of benzene rings is 1. The van der Waals surface area contributed by atoms with Crippen molar-refractivity contribution in [3.63, 3.8) is 0 Å². The van der Waals surface area contributed by atoms with Crippen molar-refractivity contribution in [2.75, 3.05) is 6.61 Å². The molecule has 0 saturated carbocycles. The monoisotopic (exact) mass is 310 g/mol. The molecule has 0 N–H and O–H groups in total. The van der Waals surface area contributed by atoms with Crippen molar-refractivity contribution in [3.8, 4) is 23.1 Å². The summed E-state index contributed by atoms with van der Waals surface area (Å²) in [4.78, 5) is 12.4. The van der Waals surface area contributed by atoms with E-state index in [-0.39, 0.29) is 12.0 Å². The second-order valence-corrected chi connectivity index (χ2v) is 5.86. The van der Waals surface area contributed by atoms with E-state index in [1.54, 1.807) is 10.6 Å². The van der Waals surface area contributed by atoms with E-state index >= 15 is 0 Å². The minimum Gasteiger partial charge on any atom is -0.493 e. The van der Waals surface area contributed by atoms with Gasteiger partial charge in [0.05, 0.1) is 24.8 Å². The summed E-state index contributed by atoms with van der Waals surface area (Å²) in [5, 5.41) is 8.80. The van der Waals surface area contributed by atoms with E-state index in [4.69, 9.17) is 10.00 Å². The largest absolute Gasteiger partial charge is 0.493 e. The van der Waals surface area contributed by atoms with E-state index in [0.29, 0.717) is 24.6 Å². The fourth-order valence-corrected chi connectivity index (χ4v) is 2.39. The Bertz CT molecular complexity index is 752. The quantitative estimate of drug-likeness (QED) is 0.818. The van der Waals surface area contributed by atoms with Gasteiger partial charge in [-0.3, -0.25) is 4.79 Å². The summed E-state index contributed by atoms with van der Waals surface area (Å²) in [6.45, 7) is 7.40. The van der Waals surface area contributed by atoms with E-state index < -0.39 is 0 Å². The zero-order valence-corrected chi connectivity index (χ0v) is 13.9. The molecule has 0 radical (unpaired) electrons. The van der Waals surface area contributed by atoms with Crippen molar-refractivity contribution in [3.05, 3.63) is 52.3 Å². The Morgan fingerprint density at radius 1 is 1.17 bits per heavy atom.